The zero-order valence-corrected chi connectivity index (χ0v) is 7.41. The van der Waals surface area contributed by atoms with E-state index in [9.17, 15) is 12.9 Å². The van der Waals surface area contributed by atoms with E-state index in [-0.39, 0.29) is 17.3 Å². The first kappa shape index (κ1) is 9.68. The summed E-state index contributed by atoms with van der Waals surface area (Å²) >= 11 is 0. The summed E-state index contributed by atoms with van der Waals surface area (Å²) in [5, 5.41) is 0. The van der Waals surface area contributed by atoms with Crippen molar-refractivity contribution in [3.05, 3.63) is 11.5 Å². The predicted molar refractivity (Wildman–Crippen MR) is 44.8 cm³/mol. The first-order chi connectivity index (χ1) is 5.31. The molecule has 0 amide bonds. The molecule has 0 aliphatic heterocycles. The molecule has 0 radical (unpaired) electrons. The summed E-state index contributed by atoms with van der Waals surface area (Å²) in [6, 6.07) is 0. The largest absolute Gasteiger partial charge is 0.505 e. The zero-order chi connectivity index (χ0) is 9.41. The second-order valence-electron chi connectivity index (χ2n) is 4.22. The minimum Gasteiger partial charge on any atom is -0.445 e. The van der Waals surface area contributed by atoms with Crippen LogP contribution in [0.15, 0.2) is 11.5 Å². The molecular weight excluding hydrogens is 164 g/mol. The maximum Gasteiger partial charge on any atom is 0.505 e. The molecule has 0 nitrogen and oxygen atoms in total. The van der Waals surface area contributed by atoms with Crippen molar-refractivity contribution in [2.24, 2.45) is 5.41 Å². The summed E-state index contributed by atoms with van der Waals surface area (Å²) in [5.41, 5.74) is -0.223. The molecule has 4 heteroatoms. The Morgan fingerprint density at radius 2 is 1.92 bits per heavy atom. The van der Waals surface area contributed by atoms with Gasteiger partial charge in [-0.1, -0.05) is 20.3 Å². The quantitative estimate of drug-likeness (QED) is 0.537. The second-order valence-corrected chi connectivity index (χ2v) is 4.22. The first-order valence-corrected chi connectivity index (χ1v) is 4.20. The van der Waals surface area contributed by atoms with Gasteiger partial charge in [-0.2, -0.15) is 0 Å². The minimum absolute atomic E-state index is 0.0603. The van der Waals surface area contributed by atoms with Crippen molar-refractivity contribution < 1.29 is 12.9 Å². The Labute approximate surface area is 70.9 Å². The molecule has 1 rings (SSSR count). The van der Waals surface area contributed by atoms with Crippen LogP contribution >= 0.6 is 0 Å². The van der Waals surface area contributed by atoms with Crippen LogP contribution in [0.1, 0.15) is 33.1 Å². The molecule has 0 atom stereocenters. The second kappa shape index (κ2) is 2.82. The van der Waals surface area contributed by atoms with Crippen molar-refractivity contribution in [1.82, 2.24) is 0 Å². The van der Waals surface area contributed by atoms with Gasteiger partial charge in [0.05, 0.1) is 0 Å². The molecule has 0 aromatic heterocycles. The fraction of sp³-hybridized carbons (Fsp3) is 0.750. The van der Waals surface area contributed by atoms with Gasteiger partial charge in [-0.05, 0) is 18.3 Å². The summed E-state index contributed by atoms with van der Waals surface area (Å²) in [6.07, 6.45) is 2.78. The van der Waals surface area contributed by atoms with Crippen molar-refractivity contribution in [1.29, 1.82) is 0 Å². The van der Waals surface area contributed by atoms with E-state index in [2.05, 4.69) is 0 Å². The number of hydrogen-bond donors (Lipinski definition) is 0. The van der Waals surface area contributed by atoms with Crippen molar-refractivity contribution in [3.63, 3.8) is 0 Å². The molecule has 0 N–H and O–H groups in total. The molecule has 0 fully saturated rings. The molecule has 12 heavy (non-hydrogen) atoms. The predicted octanol–water partition coefficient (Wildman–Crippen LogP) is 3.51. The molecule has 0 saturated carbocycles. The van der Waals surface area contributed by atoms with Crippen molar-refractivity contribution >= 4 is 6.98 Å². The van der Waals surface area contributed by atoms with Crippen LogP contribution in [0.4, 0.5) is 12.9 Å². The van der Waals surface area contributed by atoms with Crippen LogP contribution in [-0.4, -0.2) is 6.98 Å². The molecule has 0 spiro atoms. The summed E-state index contributed by atoms with van der Waals surface area (Å²) in [4.78, 5) is 0. The van der Waals surface area contributed by atoms with Gasteiger partial charge in [0.1, 0.15) is 0 Å². The number of allylic oxidation sites excluding steroid dienone is 2. The zero-order valence-electron chi connectivity index (χ0n) is 7.41. The fourth-order valence-corrected chi connectivity index (χ4v) is 1.39. The summed E-state index contributed by atoms with van der Waals surface area (Å²) < 4.78 is 36.6. The van der Waals surface area contributed by atoms with Crippen LogP contribution in [0.5, 0.6) is 0 Å². The smallest absolute Gasteiger partial charge is 0.445 e. The first-order valence-electron chi connectivity index (χ1n) is 4.20. The van der Waals surface area contributed by atoms with Gasteiger partial charge < -0.3 is 12.9 Å². The monoisotopic (exact) mass is 177 g/mol. The van der Waals surface area contributed by atoms with E-state index in [1.807, 2.05) is 13.8 Å². The number of rotatable bonds is 1. The lowest BCUT2D eigenvalue weighted by Crippen LogP contribution is -2.25. The van der Waals surface area contributed by atoms with Crippen LogP contribution in [0.25, 0.3) is 0 Å². The highest BCUT2D eigenvalue weighted by molar-refractivity contribution is 6.66. The molecule has 1 aliphatic rings. The van der Waals surface area contributed by atoms with Gasteiger partial charge in [0, 0.05) is 0 Å². The Morgan fingerprint density at radius 3 is 2.25 bits per heavy atom. The Kier molecular flexibility index (Phi) is 2.28. The average Bonchev–Trinajstić information content (AvgIpc) is 1.83. The van der Waals surface area contributed by atoms with Gasteiger partial charge in [-0.15, -0.1) is 11.5 Å². The number of halogens is 3. The average molecular weight is 177 g/mol. The van der Waals surface area contributed by atoms with Gasteiger partial charge in [-0.3, -0.25) is 0 Å². The van der Waals surface area contributed by atoms with Crippen LogP contribution in [0.3, 0.4) is 0 Å². The van der Waals surface area contributed by atoms with E-state index in [1.165, 1.54) is 6.08 Å². The van der Waals surface area contributed by atoms with Crippen LogP contribution in [-0.2, 0) is 0 Å². The molecule has 70 valence electrons. The highest BCUT2D eigenvalue weighted by atomic mass is 19.4. The molecule has 0 bridgehead atoms. The third-order valence-electron chi connectivity index (χ3n) is 2.43. The molecule has 0 heterocycles. The van der Waals surface area contributed by atoms with Crippen LogP contribution in [0, 0.1) is 5.41 Å². The molecule has 0 aromatic carbocycles. The third-order valence-corrected chi connectivity index (χ3v) is 2.43. The summed E-state index contributed by atoms with van der Waals surface area (Å²) in [5.74, 6) is 0. The Bertz CT molecular complexity index is 203. The fourth-order valence-electron chi connectivity index (χ4n) is 1.39. The highest BCUT2D eigenvalue weighted by Gasteiger charge is 2.32. The maximum absolute atomic E-state index is 12.2. The van der Waals surface area contributed by atoms with Crippen LogP contribution in [0.2, 0.25) is 0 Å². The van der Waals surface area contributed by atoms with Gasteiger partial charge in [0.2, 0.25) is 0 Å². The van der Waals surface area contributed by atoms with Gasteiger partial charge >= 0.3 is 6.98 Å². The van der Waals surface area contributed by atoms with Crippen molar-refractivity contribution in [2.45, 2.75) is 33.1 Å². The molecular formula is C8H13BF3-. The topological polar surface area (TPSA) is 0 Å². The van der Waals surface area contributed by atoms with Gasteiger partial charge in [0.15, 0.2) is 0 Å². The van der Waals surface area contributed by atoms with E-state index >= 15 is 0 Å². The SMILES string of the molecule is CC1(C)CC=C([B-](F)(F)F)CC1. The van der Waals surface area contributed by atoms with E-state index in [1.54, 1.807) is 0 Å². The molecule has 0 unspecified atom stereocenters. The van der Waals surface area contributed by atoms with E-state index in [4.69, 9.17) is 0 Å². The lowest BCUT2D eigenvalue weighted by Gasteiger charge is -2.32. The molecule has 0 saturated heterocycles. The van der Waals surface area contributed by atoms with Crippen molar-refractivity contribution in [3.8, 4) is 0 Å². The maximum atomic E-state index is 12.2. The summed E-state index contributed by atoms with van der Waals surface area (Å²) in [7, 11) is 0. The lowest BCUT2D eigenvalue weighted by molar-refractivity contribution is 0.322. The lowest BCUT2D eigenvalue weighted by atomic mass is 9.67. The third kappa shape index (κ3) is 2.29. The van der Waals surface area contributed by atoms with E-state index in [0.29, 0.717) is 12.8 Å². The van der Waals surface area contributed by atoms with E-state index in [0.717, 1.165) is 0 Å². The molecule has 0 aromatic rings. The van der Waals surface area contributed by atoms with Crippen LogP contribution < -0.4 is 0 Å². The Balaban J connectivity index is 2.69. The van der Waals surface area contributed by atoms with E-state index < -0.39 is 6.98 Å². The van der Waals surface area contributed by atoms with Crippen molar-refractivity contribution in [2.75, 3.05) is 0 Å². The Hall–Kier alpha value is -0.405. The van der Waals surface area contributed by atoms with Gasteiger partial charge in [-0.25, -0.2) is 0 Å². The normalized spacial score (nSPS) is 23.6. The standard InChI is InChI=1S/C8H13BF3/c1-8(2)5-3-7(4-6-8)9(10,11)12/h3H,4-6H2,1-2H3/q-1. The minimum atomic E-state index is -4.71. The Morgan fingerprint density at radius 1 is 1.33 bits per heavy atom. The summed E-state index contributed by atoms with van der Waals surface area (Å²) in [6.45, 7) is -0.704. The number of hydrogen-bond acceptors (Lipinski definition) is 0. The molecule has 1 aliphatic carbocycles. The highest BCUT2D eigenvalue weighted by Crippen LogP contribution is 2.38. The van der Waals surface area contributed by atoms with Gasteiger partial charge in [0.25, 0.3) is 0 Å².